The normalized spacial score (nSPS) is 10.6. The van der Waals surface area contributed by atoms with E-state index >= 15 is 0 Å². The zero-order valence-electron chi connectivity index (χ0n) is 9.39. The van der Waals surface area contributed by atoms with Crippen LogP contribution in [0.3, 0.4) is 0 Å². The summed E-state index contributed by atoms with van der Waals surface area (Å²) in [6.45, 7) is 3.23. The van der Waals surface area contributed by atoms with Crippen LogP contribution in [0.1, 0.15) is 16.3 Å². The summed E-state index contributed by atoms with van der Waals surface area (Å²) in [4.78, 5) is 0. The summed E-state index contributed by atoms with van der Waals surface area (Å²) in [5, 5.41) is 12.4. The fraction of sp³-hybridized carbons (Fsp3) is 0.308. The summed E-state index contributed by atoms with van der Waals surface area (Å²) < 4.78 is 2.27. The lowest BCUT2D eigenvalue weighted by Gasteiger charge is -1.99. The van der Waals surface area contributed by atoms with Gasteiger partial charge in [-0.2, -0.15) is 4.57 Å². The Morgan fingerprint density at radius 2 is 2.00 bits per heavy atom. The fourth-order valence-electron chi connectivity index (χ4n) is 1.77. The molecule has 3 heteroatoms. The van der Waals surface area contributed by atoms with Crippen LogP contribution in [0.4, 0.5) is 0 Å². The zero-order valence-corrected chi connectivity index (χ0v) is 10.2. The Morgan fingerprint density at radius 1 is 1.25 bits per heavy atom. The van der Waals surface area contributed by atoms with E-state index in [2.05, 4.69) is 41.1 Å². The van der Waals surface area contributed by atoms with Crippen molar-refractivity contribution in [3.05, 3.63) is 52.0 Å². The van der Waals surface area contributed by atoms with Gasteiger partial charge in [0.1, 0.15) is 0 Å². The highest BCUT2D eigenvalue weighted by Crippen LogP contribution is 2.08. The molecule has 0 unspecified atom stereocenters. The van der Waals surface area contributed by atoms with Gasteiger partial charge < -0.3 is 5.11 Å². The lowest BCUT2D eigenvalue weighted by atomic mass is 10.2. The minimum atomic E-state index is 0.213. The van der Waals surface area contributed by atoms with E-state index in [9.17, 15) is 0 Å². The monoisotopic (exact) mass is 234 g/mol. The molecule has 0 fully saturated rings. The molecule has 84 valence electrons. The predicted molar refractivity (Wildman–Crippen MR) is 65.6 cm³/mol. The van der Waals surface area contributed by atoms with Crippen molar-refractivity contribution < 1.29 is 9.67 Å². The van der Waals surface area contributed by atoms with Gasteiger partial charge in [-0.05, 0) is 0 Å². The van der Waals surface area contributed by atoms with Crippen LogP contribution in [0.25, 0.3) is 0 Å². The molecule has 1 aromatic heterocycles. The van der Waals surface area contributed by atoms with Crippen molar-refractivity contribution in [3.63, 3.8) is 0 Å². The second kappa shape index (κ2) is 5.23. The zero-order chi connectivity index (χ0) is 11.4. The first-order chi connectivity index (χ1) is 7.81. The second-order valence-corrected chi connectivity index (χ2v) is 4.85. The number of hydrogen-bond acceptors (Lipinski definition) is 2. The second-order valence-electron chi connectivity index (χ2n) is 3.79. The molecule has 2 rings (SSSR count). The Kier molecular flexibility index (Phi) is 3.70. The largest absolute Gasteiger partial charge is 0.396 e. The molecule has 1 heterocycles. The number of thiazole rings is 1. The summed E-state index contributed by atoms with van der Waals surface area (Å²) in [5.41, 5.74) is 2.52. The molecule has 0 saturated heterocycles. The van der Waals surface area contributed by atoms with Crippen LogP contribution in [0, 0.1) is 6.92 Å². The van der Waals surface area contributed by atoms with E-state index in [0.717, 1.165) is 13.0 Å². The molecule has 2 aromatic rings. The molecule has 1 aromatic carbocycles. The third-order valence-corrected chi connectivity index (χ3v) is 3.60. The van der Waals surface area contributed by atoms with Gasteiger partial charge >= 0.3 is 0 Å². The van der Waals surface area contributed by atoms with Gasteiger partial charge in [0.2, 0.25) is 5.01 Å². The van der Waals surface area contributed by atoms with Gasteiger partial charge in [0.15, 0.2) is 12.2 Å². The van der Waals surface area contributed by atoms with Crippen LogP contribution in [0.5, 0.6) is 0 Å². The predicted octanol–water partition coefficient (Wildman–Crippen LogP) is 1.93. The molecule has 2 nitrogen and oxygen atoms in total. The minimum absolute atomic E-state index is 0.213. The van der Waals surface area contributed by atoms with Crippen molar-refractivity contribution in [3.8, 4) is 0 Å². The third-order valence-electron chi connectivity index (χ3n) is 2.64. The van der Waals surface area contributed by atoms with E-state index in [4.69, 9.17) is 5.11 Å². The van der Waals surface area contributed by atoms with Gasteiger partial charge in [-0.1, -0.05) is 41.7 Å². The van der Waals surface area contributed by atoms with Gasteiger partial charge in [-0.3, -0.25) is 0 Å². The molecule has 0 atom stereocenters. The average molecular weight is 234 g/mol. The van der Waals surface area contributed by atoms with Crippen LogP contribution in [0.15, 0.2) is 35.7 Å². The van der Waals surface area contributed by atoms with E-state index in [1.165, 1.54) is 16.3 Å². The summed E-state index contributed by atoms with van der Waals surface area (Å²) in [7, 11) is 0. The first-order valence-corrected chi connectivity index (χ1v) is 6.31. The first-order valence-electron chi connectivity index (χ1n) is 5.43. The number of aromatic nitrogens is 1. The molecule has 0 amide bonds. The Morgan fingerprint density at radius 3 is 2.69 bits per heavy atom. The van der Waals surface area contributed by atoms with Gasteiger partial charge in [0, 0.05) is 12.5 Å². The van der Waals surface area contributed by atoms with Crippen LogP contribution in [-0.4, -0.2) is 11.7 Å². The minimum Gasteiger partial charge on any atom is -0.396 e. The number of aliphatic hydroxyl groups is 1. The highest BCUT2D eigenvalue weighted by molar-refractivity contribution is 7.09. The average Bonchev–Trinajstić information content (AvgIpc) is 2.64. The smallest absolute Gasteiger partial charge is 0.234 e. The molecule has 0 radical (unpaired) electrons. The van der Waals surface area contributed by atoms with Crippen molar-refractivity contribution in [1.29, 1.82) is 0 Å². The molecule has 0 bridgehead atoms. The van der Waals surface area contributed by atoms with Gasteiger partial charge in [0.05, 0.1) is 18.4 Å². The highest BCUT2D eigenvalue weighted by Gasteiger charge is 2.16. The van der Waals surface area contributed by atoms with E-state index in [-0.39, 0.29) is 6.61 Å². The van der Waals surface area contributed by atoms with Crippen molar-refractivity contribution in [1.82, 2.24) is 0 Å². The number of aryl methyl sites for hydroxylation is 1. The summed E-state index contributed by atoms with van der Waals surface area (Å²) in [6.07, 6.45) is 0.733. The van der Waals surface area contributed by atoms with Crippen molar-refractivity contribution >= 4 is 11.3 Å². The fourth-order valence-corrected chi connectivity index (χ4v) is 2.63. The Hall–Kier alpha value is -1.19. The van der Waals surface area contributed by atoms with Crippen LogP contribution in [-0.2, 0) is 13.0 Å². The number of nitrogens with zero attached hydrogens (tertiary/aromatic N) is 1. The maximum Gasteiger partial charge on any atom is 0.234 e. The van der Waals surface area contributed by atoms with Crippen molar-refractivity contribution in [2.45, 2.75) is 19.9 Å². The maximum absolute atomic E-state index is 9.01. The molecule has 0 aliphatic heterocycles. The molecule has 0 aliphatic rings. The quantitative estimate of drug-likeness (QED) is 0.803. The molecular weight excluding hydrogens is 218 g/mol. The van der Waals surface area contributed by atoms with Gasteiger partial charge in [-0.25, -0.2) is 0 Å². The highest BCUT2D eigenvalue weighted by atomic mass is 32.1. The Balaban J connectivity index is 2.23. The van der Waals surface area contributed by atoms with Crippen LogP contribution < -0.4 is 4.57 Å². The topological polar surface area (TPSA) is 24.1 Å². The molecule has 16 heavy (non-hydrogen) atoms. The summed E-state index contributed by atoms with van der Waals surface area (Å²) in [6, 6.07) is 10.4. The number of rotatable bonds is 4. The van der Waals surface area contributed by atoms with E-state index in [1.807, 2.05) is 6.07 Å². The summed E-state index contributed by atoms with van der Waals surface area (Å²) in [5.74, 6) is 0. The van der Waals surface area contributed by atoms with Gasteiger partial charge in [-0.15, -0.1) is 0 Å². The molecule has 0 aliphatic carbocycles. The number of aliphatic hydroxyl groups excluding tert-OH is 1. The van der Waals surface area contributed by atoms with E-state index in [1.54, 1.807) is 11.3 Å². The lowest BCUT2D eigenvalue weighted by Crippen LogP contribution is -2.39. The van der Waals surface area contributed by atoms with E-state index < -0.39 is 0 Å². The SMILES string of the molecule is Cc1scc(CCO)[n+]1Cc1ccccc1. The van der Waals surface area contributed by atoms with E-state index in [0.29, 0.717) is 0 Å². The molecule has 1 N–H and O–H groups in total. The first kappa shape index (κ1) is 11.3. The number of hydrogen-bond donors (Lipinski definition) is 1. The van der Waals surface area contributed by atoms with Crippen molar-refractivity contribution in [2.75, 3.05) is 6.61 Å². The molecule has 0 spiro atoms. The Bertz CT molecular complexity index is 450. The molecule has 0 saturated carbocycles. The summed E-state index contributed by atoms with van der Waals surface area (Å²) >= 11 is 1.74. The lowest BCUT2D eigenvalue weighted by molar-refractivity contribution is -0.696. The van der Waals surface area contributed by atoms with Gasteiger partial charge in [0.25, 0.3) is 0 Å². The third kappa shape index (κ3) is 2.49. The Labute approximate surface area is 99.8 Å². The maximum atomic E-state index is 9.01. The number of benzene rings is 1. The van der Waals surface area contributed by atoms with Crippen LogP contribution >= 0.6 is 11.3 Å². The van der Waals surface area contributed by atoms with Crippen LogP contribution in [0.2, 0.25) is 0 Å². The molecular formula is C13H16NOS+. The standard InChI is InChI=1S/C13H16NOS/c1-11-14(13(7-8-15)10-16-11)9-12-5-3-2-4-6-12/h2-6,10,15H,7-9H2,1H3/q+1. The van der Waals surface area contributed by atoms with Crippen molar-refractivity contribution in [2.24, 2.45) is 0 Å².